The molecule has 0 radical (unpaired) electrons. The van der Waals surface area contributed by atoms with Crippen molar-refractivity contribution in [1.82, 2.24) is 30.0 Å². The summed E-state index contributed by atoms with van der Waals surface area (Å²) < 4.78 is 1.41. The van der Waals surface area contributed by atoms with Gasteiger partial charge in [-0.3, -0.25) is 14.3 Å². The van der Waals surface area contributed by atoms with Gasteiger partial charge in [-0.15, -0.1) is 0 Å². The molecule has 0 spiro atoms. The minimum absolute atomic E-state index is 0.227. The van der Waals surface area contributed by atoms with Gasteiger partial charge in [0, 0.05) is 25.7 Å². The largest absolute Gasteiger partial charge is 0.354 e. The van der Waals surface area contributed by atoms with E-state index in [1.807, 2.05) is 12.1 Å². The monoisotopic (exact) mass is 392 g/mol. The van der Waals surface area contributed by atoms with Gasteiger partial charge in [-0.1, -0.05) is 0 Å². The number of carbonyl (C=O) groups is 2. The molecule has 0 saturated heterocycles. The molecule has 2 amide bonds. The first kappa shape index (κ1) is 18.5. The van der Waals surface area contributed by atoms with E-state index in [2.05, 4.69) is 36.0 Å². The molecule has 0 bridgehead atoms. The van der Waals surface area contributed by atoms with E-state index in [0.29, 0.717) is 23.0 Å². The highest BCUT2D eigenvalue weighted by atomic mass is 16.2. The second kappa shape index (κ2) is 7.66. The Kier molecular flexibility index (Phi) is 4.90. The van der Waals surface area contributed by atoms with Crippen LogP contribution in [0.3, 0.4) is 0 Å². The number of aryl methyl sites for hydroxylation is 1. The van der Waals surface area contributed by atoms with Crippen LogP contribution in [0.25, 0.3) is 0 Å². The Hall–Kier alpha value is -3.82. The van der Waals surface area contributed by atoms with Crippen LogP contribution >= 0.6 is 0 Å². The predicted octanol–water partition coefficient (Wildman–Crippen LogP) is 1.84. The summed E-state index contributed by atoms with van der Waals surface area (Å²) in [7, 11) is 3.15. The molecule has 0 aliphatic heterocycles. The zero-order valence-corrected chi connectivity index (χ0v) is 16.0. The number of anilines is 3. The Morgan fingerprint density at radius 2 is 1.83 bits per heavy atom. The lowest BCUT2D eigenvalue weighted by atomic mass is 10.2. The van der Waals surface area contributed by atoms with E-state index in [-0.39, 0.29) is 17.3 Å². The molecule has 10 heteroatoms. The third-order valence-corrected chi connectivity index (χ3v) is 4.60. The summed E-state index contributed by atoms with van der Waals surface area (Å²) in [6.07, 6.45) is 8.21. The summed E-state index contributed by atoms with van der Waals surface area (Å²) in [4.78, 5) is 37.7. The molecule has 10 nitrogen and oxygen atoms in total. The molecule has 0 aromatic carbocycles. The maximum Gasteiger partial charge on any atom is 0.276 e. The van der Waals surface area contributed by atoms with Gasteiger partial charge in [0.15, 0.2) is 5.69 Å². The minimum Gasteiger partial charge on any atom is -0.354 e. The molecular weight excluding hydrogens is 372 g/mol. The van der Waals surface area contributed by atoms with Gasteiger partial charge in [0.05, 0.1) is 35.7 Å². The molecule has 3 aromatic heterocycles. The standard InChI is InChI=1S/C19H20N8O2/c1-20-19(29)17-15(9-23-27(17)2)26-18(28)16-14(24-12-7-21-10-22-8-12)6-5-13(25-16)11-3-4-11/h5-11,24H,3-4H2,1-2H3,(H,20,29)(H,26,28). The van der Waals surface area contributed by atoms with Crippen molar-refractivity contribution in [3.63, 3.8) is 0 Å². The van der Waals surface area contributed by atoms with E-state index in [9.17, 15) is 9.59 Å². The lowest BCUT2D eigenvalue weighted by Gasteiger charge is -2.13. The van der Waals surface area contributed by atoms with Crippen molar-refractivity contribution in [3.8, 4) is 0 Å². The number of nitrogens with one attached hydrogen (secondary N) is 3. The quantitative estimate of drug-likeness (QED) is 0.584. The molecule has 29 heavy (non-hydrogen) atoms. The van der Waals surface area contributed by atoms with E-state index in [4.69, 9.17) is 0 Å². The molecule has 0 atom stereocenters. The molecule has 3 aromatic rings. The van der Waals surface area contributed by atoms with Crippen molar-refractivity contribution in [1.29, 1.82) is 0 Å². The molecule has 3 N–H and O–H groups in total. The normalized spacial score (nSPS) is 13.0. The van der Waals surface area contributed by atoms with Crippen LogP contribution in [0.1, 0.15) is 45.4 Å². The van der Waals surface area contributed by atoms with Gasteiger partial charge in [0.2, 0.25) is 0 Å². The van der Waals surface area contributed by atoms with E-state index < -0.39 is 5.91 Å². The van der Waals surface area contributed by atoms with Gasteiger partial charge in [0.25, 0.3) is 11.8 Å². The van der Waals surface area contributed by atoms with E-state index in [1.165, 1.54) is 24.3 Å². The number of rotatable bonds is 6. The van der Waals surface area contributed by atoms with Crippen LogP contribution < -0.4 is 16.0 Å². The molecule has 148 valence electrons. The summed E-state index contributed by atoms with van der Waals surface area (Å²) in [5, 5.41) is 12.5. The lowest BCUT2D eigenvalue weighted by Crippen LogP contribution is -2.24. The molecule has 1 aliphatic carbocycles. The first-order valence-corrected chi connectivity index (χ1v) is 9.15. The van der Waals surface area contributed by atoms with Crippen molar-refractivity contribution in [3.05, 3.63) is 54.1 Å². The SMILES string of the molecule is CNC(=O)c1c(NC(=O)c2nc(C3CC3)ccc2Nc2cncnc2)cnn1C. The summed E-state index contributed by atoms with van der Waals surface area (Å²) in [5.41, 5.74) is 2.82. The maximum absolute atomic E-state index is 13.1. The summed E-state index contributed by atoms with van der Waals surface area (Å²) in [6, 6.07) is 3.74. The third kappa shape index (κ3) is 3.91. The van der Waals surface area contributed by atoms with Gasteiger partial charge in [-0.2, -0.15) is 5.10 Å². The molecule has 4 rings (SSSR count). The average Bonchev–Trinajstić information content (AvgIpc) is 3.52. The highest BCUT2D eigenvalue weighted by Gasteiger charge is 2.27. The van der Waals surface area contributed by atoms with Crippen molar-refractivity contribution >= 4 is 28.9 Å². The van der Waals surface area contributed by atoms with Crippen LogP contribution in [-0.4, -0.2) is 43.6 Å². The average molecular weight is 392 g/mol. The Labute approximate surface area is 166 Å². The molecule has 3 heterocycles. The first-order valence-electron chi connectivity index (χ1n) is 9.15. The molecule has 1 aliphatic rings. The molecule has 1 fully saturated rings. The van der Waals surface area contributed by atoms with Crippen molar-refractivity contribution in [2.75, 3.05) is 17.7 Å². The second-order valence-corrected chi connectivity index (χ2v) is 6.72. The Bertz CT molecular complexity index is 1060. The fourth-order valence-electron chi connectivity index (χ4n) is 2.97. The summed E-state index contributed by atoms with van der Waals surface area (Å²) in [5.74, 6) is -0.403. The fourth-order valence-corrected chi connectivity index (χ4v) is 2.97. The number of aromatic nitrogens is 5. The summed E-state index contributed by atoms with van der Waals surface area (Å²) >= 11 is 0. The lowest BCUT2D eigenvalue weighted by molar-refractivity contribution is 0.0954. The zero-order chi connectivity index (χ0) is 20.4. The van der Waals surface area contributed by atoms with Gasteiger partial charge in [-0.25, -0.2) is 15.0 Å². The highest BCUT2D eigenvalue weighted by Crippen LogP contribution is 2.39. The summed E-state index contributed by atoms with van der Waals surface area (Å²) in [6.45, 7) is 0. The van der Waals surface area contributed by atoms with Crippen molar-refractivity contribution in [2.24, 2.45) is 7.05 Å². The molecular formula is C19H20N8O2. The second-order valence-electron chi connectivity index (χ2n) is 6.72. The van der Waals surface area contributed by atoms with Gasteiger partial charge in [-0.05, 0) is 25.0 Å². The predicted molar refractivity (Wildman–Crippen MR) is 106 cm³/mol. The zero-order valence-electron chi connectivity index (χ0n) is 16.0. The topological polar surface area (TPSA) is 127 Å². The van der Waals surface area contributed by atoms with Crippen molar-refractivity contribution < 1.29 is 9.59 Å². The Morgan fingerprint density at radius 1 is 1.07 bits per heavy atom. The molecule has 1 saturated carbocycles. The number of amides is 2. The maximum atomic E-state index is 13.1. The minimum atomic E-state index is -0.440. The number of carbonyl (C=O) groups excluding carboxylic acids is 2. The number of nitrogens with zero attached hydrogens (tertiary/aromatic N) is 5. The molecule has 0 unspecified atom stereocenters. The smallest absolute Gasteiger partial charge is 0.276 e. The van der Waals surface area contributed by atoms with Crippen LogP contribution in [0.15, 0.2) is 37.1 Å². The van der Waals surface area contributed by atoms with Crippen LogP contribution in [0, 0.1) is 0 Å². The van der Waals surface area contributed by atoms with Gasteiger partial charge in [0.1, 0.15) is 12.0 Å². The van der Waals surface area contributed by atoms with E-state index >= 15 is 0 Å². The van der Waals surface area contributed by atoms with E-state index in [0.717, 1.165) is 18.5 Å². The Balaban J connectivity index is 1.66. The number of hydrogen-bond acceptors (Lipinski definition) is 7. The van der Waals surface area contributed by atoms with Crippen LogP contribution in [-0.2, 0) is 7.05 Å². The number of hydrogen-bond donors (Lipinski definition) is 3. The third-order valence-electron chi connectivity index (χ3n) is 4.60. The highest BCUT2D eigenvalue weighted by molar-refractivity contribution is 6.10. The van der Waals surface area contributed by atoms with Crippen LogP contribution in [0.5, 0.6) is 0 Å². The number of pyridine rings is 1. The first-order chi connectivity index (χ1) is 14.1. The van der Waals surface area contributed by atoms with E-state index in [1.54, 1.807) is 19.4 Å². The van der Waals surface area contributed by atoms with Gasteiger partial charge < -0.3 is 16.0 Å². The van der Waals surface area contributed by atoms with Crippen LogP contribution in [0.2, 0.25) is 0 Å². The van der Waals surface area contributed by atoms with Gasteiger partial charge >= 0.3 is 0 Å². The van der Waals surface area contributed by atoms with Crippen molar-refractivity contribution in [2.45, 2.75) is 18.8 Å². The van der Waals surface area contributed by atoms with Crippen LogP contribution in [0.4, 0.5) is 17.1 Å². The Morgan fingerprint density at radius 3 is 2.52 bits per heavy atom. The fraction of sp³-hybridized carbons (Fsp3) is 0.263.